The summed E-state index contributed by atoms with van der Waals surface area (Å²) in [5, 5.41) is -0.783. The Morgan fingerprint density at radius 2 is 0.969 bits per heavy atom. The van der Waals surface area contributed by atoms with Crippen molar-refractivity contribution in [2.45, 2.75) is 134 Å². The molecule has 1 rings (SSSR count). The van der Waals surface area contributed by atoms with Gasteiger partial charge in [0.05, 0.1) is 0 Å². The average Bonchev–Trinajstić information content (AvgIpc) is 2.75. The first-order valence-corrected chi connectivity index (χ1v) is 14.6. The van der Waals surface area contributed by atoms with Gasteiger partial charge < -0.3 is 0 Å². The second-order valence-corrected chi connectivity index (χ2v) is 10.8. The van der Waals surface area contributed by atoms with Crippen molar-refractivity contribution in [3.8, 4) is 0 Å². The first-order valence-electron chi connectivity index (χ1n) is 13.1. The fraction of sp³-hybridized carbons (Fsp3) is 0.778. The third kappa shape index (κ3) is 17.8. The molecule has 0 fully saturated rings. The molecule has 1 aromatic carbocycles. The van der Waals surface area contributed by atoms with E-state index >= 15 is 0 Å². The van der Waals surface area contributed by atoms with E-state index in [9.17, 15) is 13.0 Å². The molecule has 0 heterocycles. The predicted octanol–water partition coefficient (Wildman–Crippen LogP) is 8.13. The minimum absolute atomic E-state index is 0. The second-order valence-electron chi connectivity index (χ2n) is 9.21. The SMILES string of the molecule is CCCCCCCCCCCCCCCCCCCCC(c1ccccc1)S(=O)(=O)O.[CaH2]. The van der Waals surface area contributed by atoms with E-state index in [2.05, 4.69) is 6.92 Å². The molecule has 1 unspecified atom stereocenters. The van der Waals surface area contributed by atoms with Crippen molar-refractivity contribution < 1.29 is 13.0 Å². The van der Waals surface area contributed by atoms with Crippen LogP contribution in [0, 0.1) is 0 Å². The summed E-state index contributed by atoms with van der Waals surface area (Å²) in [6.07, 6.45) is 24.2. The molecule has 3 nitrogen and oxygen atoms in total. The molecule has 32 heavy (non-hydrogen) atoms. The van der Waals surface area contributed by atoms with Crippen molar-refractivity contribution in [3.05, 3.63) is 35.9 Å². The Morgan fingerprint density at radius 3 is 1.31 bits per heavy atom. The van der Waals surface area contributed by atoms with Crippen molar-refractivity contribution in [2.24, 2.45) is 0 Å². The van der Waals surface area contributed by atoms with Crippen LogP contribution in [0.5, 0.6) is 0 Å². The molecule has 184 valence electrons. The summed E-state index contributed by atoms with van der Waals surface area (Å²) in [5.74, 6) is 0. The third-order valence-corrected chi connectivity index (χ3v) is 7.58. The summed E-state index contributed by atoms with van der Waals surface area (Å²) >= 11 is 0. The summed E-state index contributed by atoms with van der Waals surface area (Å²) in [6.45, 7) is 2.28. The van der Waals surface area contributed by atoms with E-state index in [1.165, 1.54) is 96.3 Å². The zero-order chi connectivity index (χ0) is 22.6. The van der Waals surface area contributed by atoms with Crippen LogP contribution in [0.4, 0.5) is 0 Å². The van der Waals surface area contributed by atoms with Crippen LogP contribution in [0.25, 0.3) is 0 Å². The van der Waals surface area contributed by atoms with Gasteiger partial charge >= 0.3 is 37.7 Å². The maximum atomic E-state index is 11.7. The Bertz CT molecular complexity index is 619. The van der Waals surface area contributed by atoms with Gasteiger partial charge in [-0.2, -0.15) is 8.42 Å². The van der Waals surface area contributed by atoms with Gasteiger partial charge in [-0.3, -0.25) is 4.55 Å². The number of rotatable bonds is 21. The van der Waals surface area contributed by atoms with Crippen molar-refractivity contribution in [1.82, 2.24) is 0 Å². The van der Waals surface area contributed by atoms with Crippen LogP contribution in [0.3, 0.4) is 0 Å². The van der Waals surface area contributed by atoms with Gasteiger partial charge in [0, 0.05) is 0 Å². The molecular formula is C27H50CaO3S. The Hall–Kier alpha value is 0.390. The molecule has 0 bridgehead atoms. The molecule has 1 aromatic rings. The third-order valence-electron chi connectivity index (χ3n) is 6.35. The number of unbranched alkanes of at least 4 members (excludes halogenated alkanes) is 17. The number of hydrogen-bond donors (Lipinski definition) is 1. The van der Waals surface area contributed by atoms with E-state index in [1.54, 1.807) is 12.1 Å². The molecule has 0 spiro atoms. The monoisotopic (exact) mass is 494 g/mol. The van der Waals surface area contributed by atoms with Gasteiger partial charge in [-0.15, -0.1) is 0 Å². The molecule has 0 aliphatic heterocycles. The van der Waals surface area contributed by atoms with E-state index in [1.807, 2.05) is 18.2 Å². The quantitative estimate of drug-likeness (QED) is 0.107. The normalized spacial score (nSPS) is 12.4. The summed E-state index contributed by atoms with van der Waals surface area (Å²) < 4.78 is 32.9. The van der Waals surface area contributed by atoms with Crippen LogP contribution in [0.15, 0.2) is 30.3 Å². The second kappa shape index (κ2) is 21.9. The fourth-order valence-electron chi connectivity index (χ4n) is 4.39. The van der Waals surface area contributed by atoms with E-state index in [4.69, 9.17) is 0 Å². The Morgan fingerprint density at radius 1 is 0.625 bits per heavy atom. The van der Waals surface area contributed by atoms with Gasteiger partial charge in [-0.05, 0) is 12.0 Å². The number of benzene rings is 1. The summed E-state index contributed by atoms with van der Waals surface area (Å²) in [7, 11) is -4.04. The topological polar surface area (TPSA) is 54.4 Å². The first kappa shape index (κ1) is 32.4. The number of hydrogen-bond acceptors (Lipinski definition) is 2. The van der Waals surface area contributed by atoms with Gasteiger partial charge in [0.25, 0.3) is 10.1 Å². The van der Waals surface area contributed by atoms with Crippen LogP contribution < -0.4 is 0 Å². The zero-order valence-electron chi connectivity index (χ0n) is 20.1. The standard InChI is InChI=1S/C27H48O3S.Ca.2H/c1-2-3-4-5-6-7-8-9-10-11-12-13-14-15-16-17-18-22-25-27(31(28,29)30)26-23-20-19-21-24-26;;;/h19-21,23-24,27H,2-18,22,25H2,1H3,(H,28,29,30);;;. The molecule has 0 aliphatic carbocycles. The predicted molar refractivity (Wildman–Crippen MR) is 143 cm³/mol. The average molecular weight is 495 g/mol. The van der Waals surface area contributed by atoms with Gasteiger partial charge in [0.2, 0.25) is 0 Å². The molecule has 5 heteroatoms. The van der Waals surface area contributed by atoms with Gasteiger partial charge in [-0.25, -0.2) is 0 Å². The van der Waals surface area contributed by atoms with E-state index in [0.29, 0.717) is 12.0 Å². The Balaban J connectivity index is 0.00000961. The summed E-state index contributed by atoms with van der Waals surface area (Å²) in [5.41, 5.74) is 0.692. The van der Waals surface area contributed by atoms with Gasteiger partial charge in [-0.1, -0.05) is 153 Å². The minimum atomic E-state index is -4.04. The van der Waals surface area contributed by atoms with Gasteiger partial charge in [0.1, 0.15) is 5.25 Å². The van der Waals surface area contributed by atoms with E-state index < -0.39 is 15.4 Å². The van der Waals surface area contributed by atoms with Crippen LogP contribution in [0.2, 0.25) is 0 Å². The molecule has 1 N–H and O–H groups in total. The molecule has 1 atom stereocenters. The molecule has 0 saturated heterocycles. The van der Waals surface area contributed by atoms with Crippen molar-refractivity contribution in [3.63, 3.8) is 0 Å². The Labute approximate surface area is 229 Å². The molecule has 0 saturated carbocycles. The fourth-order valence-corrected chi connectivity index (χ4v) is 5.35. The van der Waals surface area contributed by atoms with Crippen molar-refractivity contribution >= 4 is 47.9 Å². The van der Waals surface area contributed by atoms with E-state index in [0.717, 1.165) is 19.3 Å². The van der Waals surface area contributed by atoms with Crippen LogP contribution in [0.1, 0.15) is 140 Å². The molecule has 0 amide bonds. The van der Waals surface area contributed by atoms with Crippen molar-refractivity contribution in [2.75, 3.05) is 0 Å². The van der Waals surface area contributed by atoms with E-state index in [-0.39, 0.29) is 37.7 Å². The summed E-state index contributed by atoms with van der Waals surface area (Å²) in [6, 6.07) is 9.08. The Kier molecular flexibility index (Phi) is 22.2. The molecular weight excluding hydrogens is 444 g/mol. The van der Waals surface area contributed by atoms with Gasteiger partial charge in [0.15, 0.2) is 0 Å². The van der Waals surface area contributed by atoms with Crippen LogP contribution in [-0.2, 0) is 10.1 Å². The first-order chi connectivity index (χ1) is 15.1. The zero-order valence-corrected chi connectivity index (χ0v) is 20.9. The van der Waals surface area contributed by atoms with Crippen LogP contribution >= 0.6 is 0 Å². The summed E-state index contributed by atoms with van der Waals surface area (Å²) in [4.78, 5) is 0. The molecule has 0 radical (unpaired) electrons. The maximum absolute atomic E-state index is 11.7. The molecule has 0 aliphatic rings. The van der Waals surface area contributed by atoms with Crippen LogP contribution in [-0.4, -0.2) is 50.7 Å². The van der Waals surface area contributed by atoms with Crippen molar-refractivity contribution in [1.29, 1.82) is 0 Å². The molecule has 0 aromatic heterocycles.